The lowest BCUT2D eigenvalue weighted by Crippen LogP contribution is -2.23. The average molecular weight is 227 g/mol. The van der Waals surface area contributed by atoms with Crippen LogP contribution >= 0.6 is 11.6 Å². The Morgan fingerprint density at radius 2 is 2.07 bits per heavy atom. The Morgan fingerprint density at radius 1 is 1.40 bits per heavy atom. The van der Waals surface area contributed by atoms with E-state index < -0.39 is 12.1 Å². The van der Waals surface area contributed by atoms with Gasteiger partial charge in [0.05, 0.1) is 0 Å². The van der Waals surface area contributed by atoms with Crippen LogP contribution in [-0.4, -0.2) is 17.9 Å². The lowest BCUT2D eigenvalue weighted by molar-refractivity contribution is -0.143. The molecular formula is C11H11ClO3. The zero-order chi connectivity index (χ0) is 11.4. The molecule has 1 aromatic carbocycles. The van der Waals surface area contributed by atoms with Crippen molar-refractivity contribution in [3.05, 3.63) is 34.9 Å². The Kier molecular flexibility index (Phi) is 3.86. The van der Waals surface area contributed by atoms with Gasteiger partial charge in [0.1, 0.15) is 0 Å². The number of hydrogen-bond acceptors (Lipinski definition) is 3. The first-order valence-corrected chi connectivity index (χ1v) is 4.85. The van der Waals surface area contributed by atoms with Gasteiger partial charge < -0.3 is 4.74 Å². The van der Waals surface area contributed by atoms with Crippen LogP contribution < -0.4 is 0 Å². The van der Waals surface area contributed by atoms with E-state index in [-0.39, 0.29) is 5.78 Å². The quantitative estimate of drug-likeness (QED) is 0.588. The molecule has 1 unspecified atom stereocenters. The molecule has 4 heteroatoms. The van der Waals surface area contributed by atoms with Crippen LogP contribution in [0.3, 0.4) is 0 Å². The summed E-state index contributed by atoms with van der Waals surface area (Å²) in [5, 5.41) is 0.482. The van der Waals surface area contributed by atoms with Crippen molar-refractivity contribution in [2.24, 2.45) is 0 Å². The number of ether oxygens (including phenoxy) is 1. The molecule has 0 saturated heterocycles. The van der Waals surface area contributed by atoms with Gasteiger partial charge in [-0.15, -0.1) is 0 Å². The lowest BCUT2D eigenvalue weighted by atomic mass is 10.1. The highest BCUT2D eigenvalue weighted by molar-refractivity contribution is 6.31. The zero-order valence-electron chi connectivity index (χ0n) is 8.49. The molecule has 0 saturated carbocycles. The summed E-state index contributed by atoms with van der Waals surface area (Å²) >= 11 is 5.74. The minimum absolute atomic E-state index is 0.257. The van der Waals surface area contributed by atoms with E-state index >= 15 is 0 Å². The third-order valence-electron chi connectivity index (χ3n) is 1.82. The maximum Gasteiger partial charge on any atom is 0.303 e. The van der Waals surface area contributed by atoms with Gasteiger partial charge in [-0.3, -0.25) is 9.59 Å². The second-order valence-corrected chi connectivity index (χ2v) is 3.56. The molecule has 1 rings (SSSR count). The van der Waals surface area contributed by atoms with Gasteiger partial charge in [-0.2, -0.15) is 0 Å². The number of esters is 1. The van der Waals surface area contributed by atoms with E-state index in [4.69, 9.17) is 16.3 Å². The molecule has 1 aromatic rings. The second kappa shape index (κ2) is 4.94. The molecule has 80 valence electrons. The second-order valence-electron chi connectivity index (χ2n) is 3.13. The van der Waals surface area contributed by atoms with Gasteiger partial charge in [0.15, 0.2) is 6.10 Å². The summed E-state index contributed by atoms with van der Waals surface area (Å²) in [5.41, 5.74) is 0.441. The summed E-state index contributed by atoms with van der Waals surface area (Å²) in [7, 11) is 0. The number of ketones is 1. The molecule has 0 radical (unpaired) electrons. The fraction of sp³-hybridized carbons (Fsp3) is 0.273. The highest BCUT2D eigenvalue weighted by atomic mass is 35.5. The van der Waals surface area contributed by atoms with Crippen molar-refractivity contribution in [2.75, 3.05) is 0 Å². The van der Waals surface area contributed by atoms with E-state index in [0.717, 1.165) is 0 Å². The van der Waals surface area contributed by atoms with Crippen LogP contribution in [0.2, 0.25) is 5.02 Å². The van der Waals surface area contributed by atoms with E-state index in [1.54, 1.807) is 24.3 Å². The van der Waals surface area contributed by atoms with E-state index in [1.807, 2.05) is 0 Å². The third-order valence-corrected chi connectivity index (χ3v) is 2.06. The number of rotatable bonds is 3. The predicted molar refractivity (Wildman–Crippen MR) is 57.0 cm³/mol. The topological polar surface area (TPSA) is 43.4 Å². The summed E-state index contributed by atoms with van der Waals surface area (Å²) in [5.74, 6) is -0.731. The highest BCUT2D eigenvalue weighted by Gasteiger charge is 2.17. The average Bonchev–Trinajstić information content (AvgIpc) is 2.15. The molecule has 0 aromatic heterocycles. The summed E-state index contributed by atoms with van der Waals surface area (Å²) in [6.45, 7) is 2.80. The van der Waals surface area contributed by atoms with E-state index in [9.17, 15) is 9.59 Å². The lowest BCUT2D eigenvalue weighted by Gasteiger charge is -2.10. The van der Waals surface area contributed by atoms with Crippen molar-refractivity contribution < 1.29 is 14.3 Å². The summed E-state index contributed by atoms with van der Waals surface area (Å²) in [4.78, 5) is 22.4. The third kappa shape index (κ3) is 3.36. The number of hydrogen-bond donors (Lipinski definition) is 0. The minimum atomic E-state index is -0.777. The van der Waals surface area contributed by atoms with Crippen LogP contribution in [0.1, 0.15) is 24.2 Å². The first-order valence-electron chi connectivity index (χ1n) is 4.47. The number of benzene rings is 1. The Hall–Kier alpha value is -1.35. The number of halogens is 1. The fourth-order valence-electron chi connectivity index (χ4n) is 1.18. The monoisotopic (exact) mass is 226 g/mol. The van der Waals surface area contributed by atoms with Crippen molar-refractivity contribution >= 4 is 23.4 Å². The Morgan fingerprint density at radius 3 is 2.60 bits per heavy atom. The van der Waals surface area contributed by atoms with Crippen molar-refractivity contribution in [1.29, 1.82) is 0 Å². The molecular weight excluding hydrogens is 216 g/mol. The molecule has 1 atom stereocenters. The molecule has 0 fully saturated rings. The van der Waals surface area contributed by atoms with Gasteiger partial charge in [0.25, 0.3) is 0 Å². The molecule has 0 aliphatic carbocycles. The van der Waals surface area contributed by atoms with Gasteiger partial charge in [0, 0.05) is 17.5 Å². The van der Waals surface area contributed by atoms with Crippen molar-refractivity contribution in [2.45, 2.75) is 20.0 Å². The van der Waals surface area contributed by atoms with Crippen LogP contribution in [-0.2, 0) is 9.53 Å². The SMILES string of the molecule is CC(=O)OC(C)C(=O)c1cccc(Cl)c1. The van der Waals surface area contributed by atoms with Crippen LogP contribution in [0.5, 0.6) is 0 Å². The van der Waals surface area contributed by atoms with Crippen LogP contribution in [0.15, 0.2) is 24.3 Å². The van der Waals surface area contributed by atoms with Crippen LogP contribution in [0.25, 0.3) is 0 Å². The predicted octanol–water partition coefficient (Wildman–Crippen LogP) is 2.47. The standard InChI is InChI=1S/C11H11ClO3/c1-7(15-8(2)13)11(14)9-4-3-5-10(12)6-9/h3-7H,1-2H3. The normalized spacial score (nSPS) is 11.9. The molecule has 0 bridgehead atoms. The molecule has 0 N–H and O–H groups in total. The molecule has 3 nitrogen and oxygen atoms in total. The minimum Gasteiger partial charge on any atom is -0.454 e. The molecule has 15 heavy (non-hydrogen) atoms. The summed E-state index contributed by atoms with van der Waals surface area (Å²) < 4.78 is 4.77. The Bertz CT molecular complexity index is 387. The maximum atomic E-state index is 11.7. The van der Waals surface area contributed by atoms with Gasteiger partial charge in [0.2, 0.25) is 5.78 Å². The zero-order valence-corrected chi connectivity index (χ0v) is 9.25. The van der Waals surface area contributed by atoms with Gasteiger partial charge in [-0.1, -0.05) is 23.7 Å². The Labute approximate surface area is 93.0 Å². The molecule has 0 spiro atoms. The molecule has 0 aliphatic rings. The van der Waals surface area contributed by atoms with Crippen LogP contribution in [0.4, 0.5) is 0 Å². The molecule has 0 heterocycles. The fourth-order valence-corrected chi connectivity index (χ4v) is 1.37. The molecule has 0 aliphatic heterocycles. The summed E-state index contributed by atoms with van der Waals surface area (Å²) in [6, 6.07) is 6.53. The number of carbonyl (C=O) groups is 2. The maximum absolute atomic E-state index is 11.7. The van der Waals surface area contributed by atoms with Crippen molar-refractivity contribution in [3.8, 4) is 0 Å². The largest absolute Gasteiger partial charge is 0.454 e. The number of carbonyl (C=O) groups excluding carboxylic acids is 2. The van der Waals surface area contributed by atoms with Crippen LogP contribution in [0, 0.1) is 0 Å². The van der Waals surface area contributed by atoms with Gasteiger partial charge >= 0.3 is 5.97 Å². The van der Waals surface area contributed by atoms with Gasteiger partial charge in [-0.05, 0) is 19.1 Å². The van der Waals surface area contributed by atoms with E-state index in [0.29, 0.717) is 10.6 Å². The summed E-state index contributed by atoms with van der Waals surface area (Å²) in [6.07, 6.45) is -0.777. The highest BCUT2D eigenvalue weighted by Crippen LogP contribution is 2.13. The van der Waals surface area contributed by atoms with Crippen molar-refractivity contribution in [3.63, 3.8) is 0 Å². The van der Waals surface area contributed by atoms with E-state index in [1.165, 1.54) is 13.8 Å². The first kappa shape index (κ1) is 11.7. The van der Waals surface area contributed by atoms with Gasteiger partial charge in [-0.25, -0.2) is 0 Å². The number of Topliss-reactive ketones (excluding diaryl/α,β-unsaturated/α-hetero) is 1. The first-order chi connectivity index (χ1) is 7.00. The van der Waals surface area contributed by atoms with Crippen molar-refractivity contribution in [1.82, 2.24) is 0 Å². The molecule has 0 amide bonds. The smallest absolute Gasteiger partial charge is 0.303 e. The Balaban J connectivity index is 2.80. The van der Waals surface area contributed by atoms with E-state index in [2.05, 4.69) is 0 Å².